The first-order chi connectivity index (χ1) is 5.43. The fourth-order valence-corrected chi connectivity index (χ4v) is 0.834. The first-order valence-electron chi connectivity index (χ1n) is 3.66. The predicted octanol–water partition coefficient (Wildman–Crippen LogP) is 2.24. The molecule has 0 aliphatic rings. The summed E-state index contributed by atoms with van der Waals surface area (Å²) in [5.74, 6) is 0. The lowest BCUT2D eigenvalue weighted by Gasteiger charge is -2.00. The van der Waals surface area contributed by atoms with Gasteiger partial charge in [0.25, 0.3) is 0 Å². The fraction of sp³-hybridized carbons (Fsp3) is 0.200. The van der Waals surface area contributed by atoms with E-state index in [4.69, 9.17) is 4.74 Å². The van der Waals surface area contributed by atoms with Crippen LogP contribution in [0.5, 0.6) is 0 Å². The third kappa shape index (κ3) is 3.19. The molecule has 0 saturated carbocycles. The Morgan fingerprint density at radius 1 is 1.27 bits per heavy atom. The van der Waals surface area contributed by atoms with Crippen LogP contribution in [0, 0.1) is 13.3 Å². The van der Waals surface area contributed by atoms with Crippen molar-refractivity contribution >= 4 is 0 Å². The number of hydrogen-bond donors (Lipinski definition) is 0. The van der Waals surface area contributed by atoms with Gasteiger partial charge >= 0.3 is 0 Å². The first-order valence-corrected chi connectivity index (χ1v) is 3.66. The molecule has 0 heterocycles. The normalized spacial score (nSPS) is 9.91. The van der Waals surface area contributed by atoms with Gasteiger partial charge in [-0.3, -0.25) is 0 Å². The Hall–Kier alpha value is -0.820. The molecule has 1 rings (SSSR count). The average molecular weight is 148 g/mol. The van der Waals surface area contributed by atoms with Crippen molar-refractivity contribution in [3.05, 3.63) is 49.2 Å². The zero-order valence-corrected chi connectivity index (χ0v) is 6.49. The topological polar surface area (TPSA) is 9.23 Å². The summed E-state index contributed by atoms with van der Waals surface area (Å²) >= 11 is 0. The predicted molar refractivity (Wildman–Crippen MR) is 45.8 cm³/mol. The van der Waals surface area contributed by atoms with E-state index < -0.39 is 0 Å². The van der Waals surface area contributed by atoms with E-state index in [1.54, 1.807) is 6.42 Å². The lowest BCUT2D eigenvalue weighted by molar-refractivity contribution is 0.142. The van der Waals surface area contributed by atoms with E-state index in [1.807, 2.05) is 30.3 Å². The molecule has 0 aliphatic carbocycles. The Bertz CT molecular complexity index is 181. The van der Waals surface area contributed by atoms with Crippen LogP contribution in [0.15, 0.2) is 30.3 Å². The Balaban J connectivity index is 2.28. The van der Waals surface area contributed by atoms with Crippen molar-refractivity contribution in [2.45, 2.75) is 6.61 Å². The van der Waals surface area contributed by atoms with Crippen molar-refractivity contribution in [3.8, 4) is 0 Å². The number of ether oxygens (including phenoxy) is 1. The molecule has 2 radical (unpaired) electrons. The average Bonchev–Trinajstić information content (AvgIpc) is 2.07. The van der Waals surface area contributed by atoms with Gasteiger partial charge in [-0.25, -0.2) is 0 Å². The van der Waals surface area contributed by atoms with Crippen molar-refractivity contribution in [1.82, 2.24) is 0 Å². The molecular formula is C10H12O. The van der Waals surface area contributed by atoms with Crippen LogP contribution in [-0.2, 0) is 11.3 Å². The summed E-state index contributed by atoms with van der Waals surface area (Å²) < 4.78 is 5.25. The highest BCUT2D eigenvalue weighted by molar-refractivity contribution is 5.13. The van der Waals surface area contributed by atoms with Crippen LogP contribution in [0.4, 0.5) is 0 Å². The SMILES string of the molecule is [CH2][CH]COCc1ccccc1. The number of rotatable bonds is 4. The molecule has 0 fully saturated rings. The van der Waals surface area contributed by atoms with Crippen LogP contribution >= 0.6 is 0 Å². The van der Waals surface area contributed by atoms with E-state index in [9.17, 15) is 0 Å². The Kier molecular flexibility index (Phi) is 3.70. The Labute approximate surface area is 68.0 Å². The van der Waals surface area contributed by atoms with Crippen LogP contribution in [0.3, 0.4) is 0 Å². The summed E-state index contributed by atoms with van der Waals surface area (Å²) in [6, 6.07) is 10.1. The second-order valence-corrected chi connectivity index (χ2v) is 2.29. The number of hydrogen-bond acceptors (Lipinski definition) is 1. The van der Waals surface area contributed by atoms with Crippen molar-refractivity contribution in [1.29, 1.82) is 0 Å². The maximum absolute atomic E-state index is 5.25. The van der Waals surface area contributed by atoms with Crippen LogP contribution in [0.1, 0.15) is 5.56 Å². The number of benzene rings is 1. The van der Waals surface area contributed by atoms with Gasteiger partial charge in [0.15, 0.2) is 0 Å². The van der Waals surface area contributed by atoms with Gasteiger partial charge < -0.3 is 4.74 Å². The van der Waals surface area contributed by atoms with E-state index in [-0.39, 0.29) is 0 Å². The minimum absolute atomic E-state index is 0.620. The second-order valence-electron chi connectivity index (χ2n) is 2.29. The van der Waals surface area contributed by atoms with E-state index in [2.05, 4.69) is 6.92 Å². The Morgan fingerprint density at radius 2 is 2.00 bits per heavy atom. The molecule has 0 aliphatic heterocycles. The zero-order chi connectivity index (χ0) is 7.94. The van der Waals surface area contributed by atoms with Gasteiger partial charge in [-0.2, -0.15) is 0 Å². The standard InChI is InChI=1S/C10H12O/c1-2-8-11-9-10-6-4-3-5-7-10/h2-7H,1,8-9H2. The molecule has 1 nitrogen and oxygen atoms in total. The molecule has 0 spiro atoms. The summed E-state index contributed by atoms with van der Waals surface area (Å²) in [7, 11) is 0. The molecule has 58 valence electrons. The zero-order valence-electron chi connectivity index (χ0n) is 6.49. The second kappa shape index (κ2) is 4.91. The fourth-order valence-electron chi connectivity index (χ4n) is 0.834. The monoisotopic (exact) mass is 148 g/mol. The van der Waals surface area contributed by atoms with Crippen LogP contribution in [0.25, 0.3) is 0 Å². The highest BCUT2D eigenvalue weighted by Crippen LogP contribution is 1.99. The van der Waals surface area contributed by atoms with E-state index >= 15 is 0 Å². The van der Waals surface area contributed by atoms with E-state index in [1.165, 1.54) is 5.56 Å². The smallest absolute Gasteiger partial charge is 0.0717 e. The van der Waals surface area contributed by atoms with Crippen molar-refractivity contribution in [3.63, 3.8) is 0 Å². The van der Waals surface area contributed by atoms with Gasteiger partial charge in [0.1, 0.15) is 0 Å². The molecule has 11 heavy (non-hydrogen) atoms. The van der Waals surface area contributed by atoms with Crippen molar-refractivity contribution < 1.29 is 4.74 Å². The molecule has 0 atom stereocenters. The quantitative estimate of drug-likeness (QED) is 0.595. The molecule has 1 aromatic rings. The molecule has 0 N–H and O–H groups in total. The van der Waals surface area contributed by atoms with E-state index in [0.717, 1.165) is 0 Å². The summed E-state index contributed by atoms with van der Waals surface area (Å²) in [5.41, 5.74) is 1.20. The minimum Gasteiger partial charge on any atom is -0.376 e. The lowest BCUT2D eigenvalue weighted by Crippen LogP contribution is -1.93. The molecule has 0 saturated heterocycles. The van der Waals surface area contributed by atoms with Gasteiger partial charge in [0.05, 0.1) is 13.2 Å². The lowest BCUT2D eigenvalue weighted by atomic mass is 10.2. The maximum atomic E-state index is 5.25. The highest BCUT2D eigenvalue weighted by Gasteiger charge is 1.88. The maximum Gasteiger partial charge on any atom is 0.0717 e. The molecule has 0 unspecified atom stereocenters. The van der Waals surface area contributed by atoms with Gasteiger partial charge in [0.2, 0.25) is 0 Å². The minimum atomic E-state index is 0.620. The molecular weight excluding hydrogens is 136 g/mol. The van der Waals surface area contributed by atoms with Gasteiger partial charge in [-0.15, -0.1) is 0 Å². The van der Waals surface area contributed by atoms with Crippen LogP contribution < -0.4 is 0 Å². The van der Waals surface area contributed by atoms with Gasteiger partial charge in [0, 0.05) is 0 Å². The summed E-state index contributed by atoms with van der Waals surface area (Å²) in [5, 5.41) is 0. The third-order valence-electron chi connectivity index (χ3n) is 1.35. The molecule has 0 aromatic heterocycles. The highest BCUT2D eigenvalue weighted by atomic mass is 16.5. The van der Waals surface area contributed by atoms with Gasteiger partial charge in [-0.05, 0) is 18.9 Å². The summed E-state index contributed by atoms with van der Waals surface area (Å²) in [4.78, 5) is 0. The van der Waals surface area contributed by atoms with Crippen molar-refractivity contribution in [2.75, 3.05) is 6.61 Å². The largest absolute Gasteiger partial charge is 0.376 e. The molecule has 1 heteroatoms. The summed E-state index contributed by atoms with van der Waals surface area (Å²) in [6.45, 7) is 4.86. The van der Waals surface area contributed by atoms with Crippen LogP contribution in [-0.4, -0.2) is 6.61 Å². The Morgan fingerprint density at radius 3 is 2.64 bits per heavy atom. The van der Waals surface area contributed by atoms with Gasteiger partial charge in [-0.1, -0.05) is 30.3 Å². The molecule has 0 bridgehead atoms. The summed E-state index contributed by atoms with van der Waals surface area (Å²) in [6.07, 6.45) is 1.75. The van der Waals surface area contributed by atoms with Crippen molar-refractivity contribution in [2.24, 2.45) is 0 Å². The van der Waals surface area contributed by atoms with Crippen LogP contribution in [0.2, 0.25) is 0 Å². The third-order valence-corrected chi connectivity index (χ3v) is 1.35. The molecule has 1 aromatic carbocycles. The molecule has 0 amide bonds. The first kappa shape index (κ1) is 8.28. The van der Waals surface area contributed by atoms with E-state index in [0.29, 0.717) is 13.2 Å².